The Bertz CT molecular complexity index is 890. The van der Waals surface area contributed by atoms with E-state index in [0.717, 1.165) is 48.4 Å². The van der Waals surface area contributed by atoms with Crippen molar-refractivity contribution >= 4 is 38.5 Å². The lowest BCUT2D eigenvalue weighted by molar-refractivity contribution is -0.173. The van der Waals surface area contributed by atoms with Gasteiger partial charge in [-0.25, -0.2) is 9.78 Å². The normalized spacial score (nSPS) is 24.7. The van der Waals surface area contributed by atoms with Gasteiger partial charge in [0.25, 0.3) is 0 Å². The smallest absolute Gasteiger partial charge is 0.432 e. The van der Waals surface area contributed by atoms with E-state index in [-0.39, 0.29) is 0 Å². The van der Waals surface area contributed by atoms with Gasteiger partial charge < -0.3 is 19.2 Å². The van der Waals surface area contributed by atoms with Crippen molar-refractivity contribution in [3.63, 3.8) is 0 Å². The van der Waals surface area contributed by atoms with Crippen molar-refractivity contribution in [3.8, 4) is 5.75 Å². The number of thiazole rings is 1. The average Bonchev–Trinajstić information content (AvgIpc) is 3.17. The summed E-state index contributed by atoms with van der Waals surface area (Å²) in [4.78, 5) is 25.0. The maximum atomic E-state index is 12.5. The number of hydroxylamine groups is 2. The fraction of sp³-hybridized carbons (Fsp3) is 0.600. The van der Waals surface area contributed by atoms with Crippen LogP contribution in [0.15, 0.2) is 12.1 Å². The van der Waals surface area contributed by atoms with Crippen LogP contribution in [0.4, 0.5) is 15.6 Å². The molecule has 1 aliphatic carbocycles. The quantitative estimate of drug-likeness (QED) is 0.815. The number of methoxy groups -OCH3 is 1. The van der Waals surface area contributed by atoms with Crippen LogP contribution in [-0.4, -0.2) is 62.1 Å². The number of fused-ring (bicyclic) bond motifs is 4. The molecule has 4 aliphatic rings. The van der Waals surface area contributed by atoms with Crippen LogP contribution in [0, 0.1) is 5.92 Å². The van der Waals surface area contributed by atoms with Gasteiger partial charge in [0.05, 0.1) is 30.7 Å². The second-order valence-corrected chi connectivity index (χ2v) is 8.86. The summed E-state index contributed by atoms with van der Waals surface area (Å²) < 4.78 is 12.0. The number of amides is 1. The fourth-order valence-corrected chi connectivity index (χ4v) is 5.60. The predicted molar refractivity (Wildman–Crippen MR) is 112 cm³/mol. The lowest BCUT2D eigenvalue weighted by atomic mass is 9.81. The molecule has 0 unspecified atom stereocenters. The molecule has 0 atom stereocenters. The molecule has 1 aromatic carbocycles. The molecule has 1 N–H and O–H groups in total. The zero-order valence-corrected chi connectivity index (χ0v) is 17.4. The first-order valence-electron chi connectivity index (χ1n) is 10.3. The van der Waals surface area contributed by atoms with E-state index in [2.05, 4.69) is 21.3 Å². The number of rotatable bonds is 4. The third kappa shape index (κ3) is 3.74. The Morgan fingerprint density at radius 3 is 2.72 bits per heavy atom. The Morgan fingerprint density at radius 2 is 2.03 bits per heavy atom. The maximum absolute atomic E-state index is 12.5. The molecule has 0 radical (unpaired) electrons. The van der Waals surface area contributed by atoms with Gasteiger partial charge in [-0.05, 0) is 43.7 Å². The van der Waals surface area contributed by atoms with E-state index in [4.69, 9.17) is 14.3 Å². The van der Waals surface area contributed by atoms with Crippen LogP contribution in [-0.2, 0) is 9.57 Å². The molecule has 156 valence electrons. The Labute approximate surface area is 173 Å². The summed E-state index contributed by atoms with van der Waals surface area (Å²) in [5.41, 5.74) is 1.85. The SMILES string of the molecule is COc1ccc(N2CCOCC2)c2sc(NC(=O)ON3CC4CCC3CC4)nc12. The molecule has 1 saturated carbocycles. The first-order valence-corrected chi connectivity index (χ1v) is 11.1. The molecule has 8 nitrogen and oxygen atoms in total. The summed E-state index contributed by atoms with van der Waals surface area (Å²) in [5, 5.41) is 5.21. The Morgan fingerprint density at radius 1 is 1.24 bits per heavy atom. The lowest BCUT2D eigenvalue weighted by Gasteiger charge is -2.43. The Balaban J connectivity index is 1.35. The molecule has 2 aromatic rings. The minimum absolute atomic E-state index is 0.356. The summed E-state index contributed by atoms with van der Waals surface area (Å²) in [7, 11) is 1.63. The number of piperidine rings is 2. The number of ether oxygens (including phenoxy) is 2. The number of morpholine rings is 1. The van der Waals surface area contributed by atoms with E-state index in [0.29, 0.717) is 36.1 Å². The van der Waals surface area contributed by atoms with Crippen LogP contribution in [0.2, 0.25) is 0 Å². The molecule has 1 aromatic heterocycles. The molecule has 29 heavy (non-hydrogen) atoms. The van der Waals surface area contributed by atoms with Gasteiger partial charge in [-0.15, -0.1) is 5.06 Å². The second-order valence-electron chi connectivity index (χ2n) is 7.86. The highest BCUT2D eigenvalue weighted by Crippen LogP contribution is 2.40. The van der Waals surface area contributed by atoms with Crippen molar-refractivity contribution < 1.29 is 19.1 Å². The van der Waals surface area contributed by atoms with Crippen molar-refractivity contribution in [1.82, 2.24) is 10.0 Å². The van der Waals surface area contributed by atoms with Gasteiger partial charge in [0, 0.05) is 25.7 Å². The van der Waals surface area contributed by atoms with Crippen molar-refractivity contribution in [2.24, 2.45) is 5.92 Å². The predicted octanol–water partition coefficient (Wildman–Crippen LogP) is 3.48. The monoisotopic (exact) mass is 418 g/mol. The van der Waals surface area contributed by atoms with Crippen molar-refractivity contribution in [2.45, 2.75) is 31.7 Å². The van der Waals surface area contributed by atoms with Crippen molar-refractivity contribution in [3.05, 3.63) is 12.1 Å². The van der Waals surface area contributed by atoms with Crippen molar-refractivity contribution in [1.29, 1.82) is 0 Å². The zero-order chi connectivity index (χ0) is 19.8. The van der Waals surface area contributed by atoms with E-state index in [9.17, 15) is 4.79 Å². The van der Waals surface area contributed by atoms with Crippen LogP contribution in [0.3, 0.4) is 0 Å². The minimum atomic E-state index is -0.469. The van der Waals surface area contributed by atoms with Crippen LogP contribution in [0.25, 0.3) is 10.2 Å². The van der Waals surface area contributed by atoms with Crippen LogP contribution in [0.5, 0.6) is 5.75 Å². The zero-order valence-electron chi connectivity index (χ0n) is 16.6. The van der Waals surface area contributed by atoms with Gasteiger partial charge >= 0.3 is 6.09 Å². The topological polar surface area (TPSA) is 76.2 Å². The highest BCUT2D eigenvalue weighted by atomic mass is 32.1. The summed E-state index contributed by atoms with van der Waals surface area (Å²) in [6, 6.07) is 4.34. The molecule has 4 fully saturated rings. The van der Waals surface area contributed by atoms with Gasteiger partial charge in [-0.1, -0.05) is 11.3 Å². The highest BCUT2D eigenvalue weighted by molar-refractivity contribution is 7.23. The van der Waals surface area contributed by atoms with Gasteiger partial charge in [-0.3, -0.25) is 5.32 Å². The standard InChI is InChI=1S/C20H26N4O4S/c1-26-16-7-6-15(23-8-10-27-11-9-23)18-17(16)21-19(29-18)22-20(25)28-24-12-13-2-4-14(24)5-3-13/h6-7,13-14H,2-5,8-12H2,1H3,(H,21,22,25). The summed E-state index contributed by atoms with van der Waals surface area (Å²) in [6.45, 7) is 3.93. The number of carbonyl (C=O) groups excluding carboxylic acids is 1. The highest BCUT2D eigenvalue weighted by Gasteiger charge is 2.36. The first kappa shape index (κ1) is 18.9. The Kier molecular flexibility index (Phi) is 5.19. The van der Waals surface area contributed by atoms with Crippen LogP contribution in [0.1, 0.15) is 25.7 Å². The lowest BCUT2D eigenvalue weighted by Crippen LogP contribution is -2.49. The number of benzene rings is 1. The van der Waals surface area contributed by atoms with E-state index in [1.54, 1.807) is 7.11 Å². The second kappa shape index (κ2) is 7.97. The number of nitrogens with one attached hydrogen (secondary N) is 1. The van der Waals surface area contributed by atoms with Crippen molar-refractivity contribution in [2.75, 3.05) is 50.2 Å². The molecule has 4 heterocycles. The third-order valence-corrected chi connectivity index (χ3v) is 7.12. The number of anilines is 2. The number of aromatic nitrogens is 1. The van der Waals surface area contributed by atoms with E-state index < -0.39 is 6.09 Å². The number of hydrogen-bond donors (Lipinski definition) is 1. The minimum Gasteiger partial charge on any atom is -0.494 e. The summed E-state index contributed by atoms with van der Waals surface area (Å²) in [6.07, 6.45) is 4.24. The van der Waals surface area contributed by atoms with Gasteiger partial charge in [0.15, 0.2) is 5.13 Å². The fourth-order valence-electron chi connectivity index (χ4n) is 4.59. The molecular formula is C20H26N4O4S. The molecule has 9 heteroatoms. The molecule has 1 amide bonds. The Hall–Kier alpha value is -2.10. The molecule has 0 spiro atoms. The summed E-state index contributed by atoms with van der Waals surface area (Å²) in [5.74, 6) is 1.35. The first-order chi connectivity index (χ1) is 14.2. The number of hydrogen-bond acceptors (Lipinski definition) is 8. The third-order valence-electron chi connectivity index (χ3n) is 6.13. The molecular weight excluding hydrogens is 392 g/mol. The van der Waals surface area contributed by atoms with Gasteiger partial charge in [0.2, 0.25) is 0 Å². The number of carbonyl (C=O) groups is 1. The molecule has 3 aliphatic heterocycles. The molecule has 2 bridgehead atoms. The molecule has 3 saturated heterocycles. The average molecular weight is 419 g/mol. The maximum Gasteiger partial charge on any atom is 0.432 e. The van der Waals surface area contributed by atoms with E-state index >= 15 is 0 Å². The molecule has 6 rings (SSSR count). The number of nitrogens with zero attached hydrogens (tertiary/aromatic N) is 3. The summed E-state index contributed by atoms with van der Waals surface area (Å²) >= 11 is 1.45. The van der Waals surface area contributed by atoms with Crippen LogP contribution >= 0.6 is 11.3 Å². The largest absolute Gasteiger partial charge is 0.494 e. The van der Waals surface area contributed by atoms with Crippen LogP contribution < -0.4 is 15.0 Å². The van der Waals surface area contributed by atoms with E-state index in [1.165, 1.54) is 24.2 Å². The van der Waals surface area contributed by atoms with E-state index in [1.807, 2.05) is 11.1 Å². The van der Waals surface area contributed by atoms with Gasteiger partial charge in [0.1, 0.15) is 11.3 Å². The van der Waals surface area contributed by atoms with Gasteiger partial charge in [-0.2, -0.15) is 0 Å².